The molecule has 1 saturated carbocycles. The van der Waals surface area contributed by atoms with Crippen molar-refractivity contribution < 1.29 is 27.5 Å². The maximum Gasteiger partial charge on any atom is 0.244 e. The maximum absolute atomic E-state index is 13.6. The van der Waals surface area contributed by atoms with Gasteiger partial charge in [0.2, 0.25) is 21.8 Å². The predicted octanol–water partition coefficient (Wildman–Crippen LogP) is 2.95. The fourth-order valence-corrected chi connectivity index (χ4v) is 5.15. The molecular formula is C26H35N3O6S. The molecule has 3 rings (SSSR count). The average molecular weight is 518 g/mol. The number of hydrogen-bond acceptors (Lipinski definition) is 6. The Bertz CT molecular complexity index is 1150. The van der Waals surface area contributed by atoms with E-state index < -0.39 is 28.5 Å². The van der Waals surface area contributed by atoms with Gasteiger partial charge in [-0.25, -0.2) is 8.42 Å². The van der Waals surface area contributed by atoms with Gasteiger partial charge in [-0.2, -0.15) is 0 Å². The van der Waals surface area contributed by atoms with E-state index in [-0.39, 0.29) is 18.5 Å². The van der Waals surface area contributed by atoms with Gasteiger partial charge in [-0.15, -0.1) is 0 Å². The van der Waals surface area contributed by atoms with Crippen LogP contribution < -0.4 is 19.1 Å². The van der Waals surface area contributed by atoms with E-state index >= 15 is 0 Å². The fourth-order valence-electron chi connectivity index (χ4n) is 4.30. The van der Waals surface area contributed by atoms with Crippen molar-refractivity contribution in [3.05, 3.63) is 54.1 Å². The Morgan fingerprint density at radius 1 is 1.03 bits per heavy atom. The van der Waals surface area contributed by atoms with E-state index in [9.17, 15) is 18.0 Å². The lowest BCUT2D eigenvalue weighted by atomic mass is 10.1. The van der Waals surface area contributed by atoms with Crippen LogP contribution in [0.25, 0.3) is 0 Å². The second-order valence-corrected chi connectivity index (χ2v) is 10.9. The van der Waals surface area contributed by atoms with Gasteiger partial charge in [-0.05, 0) is 61.7 Å². The summed E-state index contributed by atoms with van der Waals surface area (Å²) < 4.78 is 36.8. The van der Waals surface area contributed by atoms with E-state index in [4.69, 9.17) is 9.47 Å². The number of hydrogen-bond donors (Lipinski definition) is 1. The van der Waals surface area contributed by atoms with Crippen LogP contribution in [0.15, 0.2) is 48.5 Å². The van der Waals surface area contributed by atoms with Crippen LogP contribution in [-0.2, 0) is 26.2 Å². The van der Waals surface area contributed by atoms with Crippen LogP contribution in [0.3, 0.4) is 0 Å². The molecule has 0 bridgehead atoms. The number of methoxy groups -OCH3 is 2. The molecule has 0 aromatic heterocycles. The Labute approximate surface area is 213 Å². The predicted molar refractivity (Wildman–Crippen MR) is 139 cm³/mol. The molecule has 1 N–H and O–H groups in total. The molecule has 1 aliphatic rings. The number of rotatable bonds is 11. The van der Waals surface area contributed by atoms with Crippen LogP contribution >= 0.6 is 0 Å². The molecule has 9 nitrogen and oxygen atoms in total. The summed E-state index contributed by atoms with van der Waals surface area (Å²) in [6, 6.07) is 12.9. The van der Waals surface area contributed by atoms with Crippen molar-refractivity contribution in [2.24, 2.45) is 0 Å². The van der Waals surface area contributed by atoms with Gasteiger partial charge in [-0.1, -0.05) is 25.0 Å². The largest absolute Gasteiger partial charge is 0.497 e. The Morgan fingerprint density at radius 2 is 1.67 bits per heavy atom. The molecule has 1 aliphatic carbocycles. The summed E-state index contributed by atoms with van der Waals surface area (Å²) in [5.41, 5.74) is 1.09. The number of ether oxygens (including phenoxy) is 2. The minimum atomic E-state index is -3.79. The maximum atomic E-state index is 13.6. The first kappa shape index (κ1) is 27.3. The van der Waals surface area contributed by atoms with E-state index in [1.807, 2.05) is 6.07 Å². The summed E-state index contributed by atoms with van der Waals surface area (Å²) in [4.78, 5) is 28.1. The highest BCUT2D eigenvalue weighted by Crippen LogP contribution is 2.23. The minimum Gasteiger partial charge on any atom is -0.497 e. The smallest absolute Gasteiger partial charge is 0.244 e. The van der Waals surface area contributed by atoms with Crippen molar-refractivity contribution in [2.45, 2.75) is 51.2 Å². The van der Waals surface area contributed by atoms with Gasteiger partial charge in [0.05, 0.1) is 26.2 Å². The lowest BCUT2D eigenvalue weighted by molar-refractivity contribution is -0.139. The molecule has 1 atom stereocenters. The van der Waals surface area contributed by atoms with Crippen molar-refractivity contribution in [2.75, 3.05) is 31.3 Å². The Balaban J connectivity index is 1.88. The molecule has 0 saturated heterocycles. The van der Waals surface area contributed by atoms with Gasteiger partial charge in [0, 0.05) is 12.6 Å². The topological polar surface area (TPSA) is 105 Å². The number of amides is 2. The number of carbonyl (C=O) groups is 2. The SMILES string of the molecule is COc1ccc(N(CC(=O)N(Cc2cccc(OC)c2)[C@H](C)C(=O)NC2CCCC2)S(C)(=O)=O)cc1. The van der Waals surface area contributed by atoms with Crippen molar-refractivity contribution in [3.63, 3.8) is 0 Å². The molecule has 196 valence electrons. The number of benzene rings is 2. The summed E-state index contributed by atoms with van der Waals surface area (Å²) in [6.45, 7) is 1.34. The third-order valence-corrected chi connectivity index (χ3v) is 7.54. The van der Waals surface area contributed by atoms with E-state index in [0.717, 1.165) is 41.8 Å². The highest BCUT2D eigenvalue weighted by molar-refractivity contribution is 7.92. The van der Waals surface area contributed by atoms with E-state index in [2.05, 4.69) is 5.32 Å². The van der Waals surface area contributed by atoms with Gasteiger partial charge < -0.3 is 19.7 Å². The molecule has 0 heterocycles. The molecule has 2 aromatic rings. The summed E-state index contributed by atoms with van der Waals surface area (Å²) in [5, 5.41) is 3.05. The second-order valence-electron chi connectivity index (χ2n) is 9.01. The van der Waals surface area contributed by atoms with E-state index in [1.165, 1.54) is 12.0 Å². The summed E-state index contributed by atoms with van der Waals surface area (Å²) in [6.07, 6.45) is 5.02. The average Bonchev–Trinajstić information content (AvgIpc) is 3.37. The number of carbonyl (C=O) groups excluding carboxylic acids is 2. The Morgan fingerprint density at radius 3 is 2.25 bits per heavy atom. The van der Waals surface area contributed by atoms with Gasteiger partial charge >= 0.3 is 0 Å². The van der Waals surface area contributed by atoms with Gasteiger partial charge in [0.1, 0.15) is 24.1 Å². The number of anilines is 1. The van der Waals surface area contributed by atoms with Gasteiger partial charge in [-0.3, -0.25) is 13.9 Å². The quantitative estimate of drug-likeness (QED) is 0.491. The molecule has 0 aliphatic heterocycles. The monoisotopic (exact) mass is 517 g/mol. The Hall–Kier alpha value is -3.27. The first-order valence-corrected chi connectivity index (χ1v) is 13.8. The summed E-state index contributed by atoms with van der Waals surface area (Å²) >= 11 is 0. The molecule has 2 aromatic carbocycles. The van der Waals surface area contributed by atoms with Crippen LogP contribution in [0.1, 0.15) is 38.2 Å². The van der Waals surface area contributed by atoms with Crippen LogP contribution in [0.2, 0.25) is 0 Å². The molecule has 2 amide bonds. The third-order valence-electron chi connectivity index (χ3n) is 6.40. The third kappa shape index (κ3) is 7.13. The molecule has 0 radical (unpaired) electrons. The standard InChI is InChI=1S/C26H35N3O6S/c1-19(26(31)27-21-9-5-6-10-21)28(17-20-8-7-11-24(16-20)35-3)25(30)18-29(36(4,32)33)22-12-14-23(34-2)15-13-22/h7-8,11-16,19,21H,5-6,9-10,17-18H2,1-4H3,(H,27,31)/t19-/m1/s1. The zero-order chi connectivity index (χ0) is 26.3. The molecular weight excluding hydrogens is 482 g/mol. The Kier molecular flexibility index (Phi) is 9.19. The lowest BCUT2D eigenvalue weighted by Crippen LogP contribution is -2.52. The van der Waals surface area contributed by atoms with Gasteiger partial charge in [0.15, 0.2) is 0 Å². The summed E-state index contributed by atoms with van der Waals surface area (Å²) in [5.74, 6) is 0.441. The van der Waals surface area contributed by atoms with Crippen LogP contribution in [0, 0.1) is 0 Å². The van der Waals surface area contributed by atoms with E-state index in [1.54, 1.807) is 56.5 Å². The zero-order valence-corrected chi connectivity index (χ0v) is 22.1. The summed E-state index contributed by atoms with van der Waals surface area (Å²) in [7, 11) is -0.720. The number of nitrogens with zero attached hydrogens (tertiary/aromatic N) is 2. The van der Waals surface area contributed by atoms with Crippen molar-refractivity contribution in [3.8, 4) is 11.5 Å². The fraction of sp³-hybridized carbons (Fsp3) is 0.462. The molecule has 0 unspecified atom stereocenters. The van der Waals surface area contributed by atoms with Crippen molar-refractivity contribution >= 4 is 27.5 Å². The van der Waals surface area contributed by atoms with Crippen molar-refractivity contribution in [1.29, 1.82) is 0 Å². The first-order chi connectivity index (χ1) is 17.1. The lowest BCUT2D eigenvalue weighted by Gasteiger charge is -2.32. The van der Waals surface area contributed by atoms with Crippen LogP contribution in [0.5, 0.6) is 11.5 Å². The highest BCUT2D eigenvalue weighted by Gasteiger charge is 2.31. The highest BCUT2D eigenvalue weighted by atomic mass is 32.2. The van der Waals surface area contributed by atoms with Crippen LogP contribution in [-0.4, -0.2) is 64.2 Å². The number of nitrogens with one attached hydrogen (secondary N) is 1. The first-order valence-electron chi connectivity index (χ1n) is 12.0. The molecule has 0 spiro atoms. The van der Waals surface area contributed by atoms with Crippen LogP contribution in [0.4, 0.5) is 5.69 Å². The second kappa shape index (κ2) is 12.1. The van der Waals surface area contributed by atoms with E-state index in [0.29, 0.717) is 17.2 Å². The van der Waals surface area contributed by atoms with Crippen molar-refractivity contribution in [1.82, 2.24) is 10.2 Å². The van der Waals surface area contributed by atoms with Gasteiger partial charge in [0.25, 0.3) is 0 Å². The normalized spacial score (nSPS) is 14.7. The molecule has 1 fully saturated rings. The number of sulfonamides is 1. The molecule has 36 heavy (non-hydrogen) atoms. The zero-order valence-electron chi connectivity index (χ0n) is 21.3. The molecule has 10 heteroatoms. The minimum absolute atomic E-state index is 0.0977.